The van der Waals surface area contributed by atoms with Gasteiger partial charge in [0.1, 0.15) is 0 Å². The van der Waals surface area contributed by atoms with Gasteiger partial charge in [-0.25, -0.2) is 0 Å². The van der Waals surface area contributed by atoms with Crippen LogP contribution in [0.4, 0.5) is 0 Å². The van der Waals surface area contributed by atoms with Crippen molar-refractivity contribution in [2.75, 3.05) is 7.05 Å². The maximum absolute atomic E-state index is 10.8. The molecule has 0 heterocycles. The molecule has 0 atom stereocenters. The van der Waals surface area contributed by atoms with E-state index in [1.54, 1.807) is 18.9 Å². The Labute approximate surface area is 104 Å². The molecule has 0 radical (unpaired) electrons. The molecule has 0 bridgehead atoms. The van der Waals surface area contributed by atoms with Crippen molar-refractivity contribution in [3.05, 3.63) is 11.3 Å². The number of nitrogens with zero attached hydrogens (tertiary/aromatic N) is 1. The predicted octanol–water partition coefficient (Wildman–Crippen LogP) is 4.86. The van der Waals surface area contributed by atoms with E-state index in [0.29, 0.717) is 0 Å². The van der Waals surface area contributed by atoms with Gasteiger partial charge < -0.3 is 4.90 Å². The molecule has 0 saturated carbocycles. The molecule has 0 saturated heterocycles. The monoisotopic (exact) mass is 231 g/mol. The standard InChI is InChI=1S/C8H15NO.3C2H6/c1-6(2)7(3)9(5)8(4)10;3*1-2/h1-5H3;3*1-2H3. The summed E-state index contributed by atoms with van der Waals surface area (Å²) in [5, 5.41) is 0. The van der Waals surface area contributed by atoms with Crippen molar-refractivity contribution in [2.45, 2.75) is 69.2 Å². The van der Waals surface area contributed by atoms with Gasteiger partial charge in [0, 0.05) is 19.7 Å². The number of carbonyl (C=O) groups excluding carboxylic acids is 1. The summed E-state index contributed by atoms with van der Waals surface area (Å²) in [6.45, 7) is 19.5. The van der Waals surface area contributed by atoms with Crippen LogP contribution < -0.4 is 0 Å². The predicted molar refractivity (Wildman–Crippen MR) is 76.5 cm³/mol. The lowest BCUT2D eigenvalue weighted by molar-refractivity contribution is -0.125. The number of hydrogen-bond acceptors (Lipinski definition) is 1. The van der Waals surface area contributed by atoms with Crippen molar-refractivity contribution in [1.29, 1.82) is 0 Å². The quantitative estimate of drug-likeness (QED) is 0.631. The Bertz CT molecular complexity index is 168. The van der Waals surface area contributed by atoms with Gasteiger partial charge in [0.05, 0.1) is 0 Å². The molecule has 0 aliphatic heterocycles. The summed E-state index contributed by atoms with van der Waals surface area (Å²) in [5.74, 6) is 0.0821. The lowest BCUT2D eigenvalue weighted by atomic mass is 10.2. The molecule has 0 rings (SSSR count). The summed E-state index contributed by atoms with van der Waals surface area (Å²) < 4.78 is 0. The smallest absolute Gasteiger partial charge is 0.223 e. The molecule has 0 fully saturated rings. The summed E-state index contributed by atoms with van der Waals surface area (Å²) >= 11 is 0. The number of amides is 1. The SMILES string of the molecule is CC.CC.CC.CC(=O)N(C)C(C)=C(C)C. The molecule has 0 aromatic carbocycles. The minimum Gasteiger partial charge on any atom is -0.320 e. The van der Waals surface area contributed by atoms with E-state index in [1.807, 2.05) is 62.3 Å². The van der Waals surface area contributed by atoms with E-state index in [4.69, 9.17) is 0 Å². The maximum Gasteiger partial charge on any atom is 0.223 e. The van der Waals surface area contributed by atoms with Gasteiger partial charge >= 0.3 is 0 Å². The molecule has 0 N–H and O–H groups in total. The topological polar surface area (TPSA) is 20.3 Å². The van der Waals surface area contributed by atoms with Crippen LogP contribution in [0.5, 0.6) is 0 Å². The highest BCUT2D eigenvalue weighted by Crippen LogP contribution is 2.05. The largest absolute Gasteiger partial charge is 0.320 e. The molecule has 0 aliphatic rings. The van der Waals surface area contributed by atoms with E-state index in [1.165, 1.54) is 5.57 Å². The van der Waals surface area contributed by atoms with Crippen LogP contribution in [0.1, 0.15) is 69.2 Å². The van der Waals surface area contributed by atoms with Gasteiger partial charge in [-0.3, -0.25) is 4.79 Å². The fourth-order valence-corrected chi connectivity index (χ4v) is 0.572. The van der Waals surface area contributed by atoms with Crippen LogP contribution in [-0.4, -0.2) is 17.9 Å². The Morgan fingerprint density at radius 2 is 1.00 bits per heavy atom. The van der Waals surface area contributed by atoms with Crippen LogP contribution in [0, 0.1) is 0 Å². The molecule has 100 valence electrons. The Hall–Kier alpha value is -0.790. The van der Waals surface area contributed by atoms with E-state index in [2.05, 4.69) is 0 Å². The number of rotatable bonds is 1. The van der Waals surface area contributed by atoms with E-state index in [-0.39, 0.29) is 5.91 Å². The van der Waals surface area contributed by atoms with Gasteiger partial charge in [0.2, 0.25) is 5.91 Å². The van der Waals surface area contributed by atoms with Gasteiger partial charge in [-0.2, -0.15) is 0 Å². The number of carbonyl (C=O) groups is 1. The maximum atomic E-state index is 10.8. The third kappa shape index (κ3) is 15.7. The molecular formula is C14H33NO. The number of hydrogen-bond donors (Lipinski definition) is 0. The third-order valence-corrected chi connectivity index (χ3v) is 1.70. The van der Waals surface area contributed by atoms with E-state index in [0.717, 1.165) is 5.70 Å². The number of allylic oxidation sites excluding steroid dienone is 2. The van der Waals surface area contributed by atoms with Gasteiger partial charge in [0.15, 0.2) is 0 Å². The van der Waals surface area contributed by atoms with Crippen molar-refractivity contribution < 1.29 is 4.79 Å². The molecule has 1 amide bonds. The zero-order valence-electron chi connectivity index (χ0n) is 13.4. The fourth-order valence-electron chi connectivity index (χ4n) is 0.572. The second-order valence-corrected chi connectivity index (χ2v) is 2.66. The van der Waals surface area contributed by atoms with Gasteiger partial charge in [-0.15, -0.1) is 0 Å². The molecule has 2 nitrogen and oxygen atoms in total. The summed E-state index contributed by atoms with van der Waals surface area (Å²) in [4.78, 5) is 12.4. The first-order chi connectivity index (χ1) is 7.46. The molecule has 2 heteroatoms. The van der Waals surface area contributed by atoms with Crippen molar-refractivity contribution >= 4 is 5.91 Å². The average molecular weight is 231 g/mol. The minimum atomic E-state index is 0.0821. The Morgan fingerprint density at radius 3 is 1.06 bits per heavy atom. The third-order valence-electron chi connectivity index (χ3n) is 1.70. The molecule has 0 aliphatic carbocycles. The van der Waals surface area contributed by atoms with Crippen LogP contribution in [0.3, 0.4) is 0 Å². The minimum absolute atomic E-state index is 0.0821. The average Bonchev–Trinajstić information content (AvgIpc) is 2.34. The van der Waals surface area contributed by atoms with Crippen LogP contribution in [-0.2, 0) is 4.79 Å². The zero-order valence-corrected chi connectivity index (χ0v) is 13.4. The Kier molecular flexibility index (Phi) is 30.1. The first-order valence-corrected chi connectivity index (χ1v) is 6.35. The lowest BCUT2D eigenvalue weighted by Gasteiger charge is -2.16. The van der Waals surface area contributed by atoms with Crippen LogP contribution in [0.15, 0.2) is 11.3 Å². The van der Waals surface area contributed by atoms with Crippen LogP contribution in [0.25, 0.3) is 0 Å². The van der Waals surface area contributed by atoms with Gasteiger partial charge in [-0.1, -0.05) is 47.1 Å². The Balaban J connectivity index is -0.000000103. The molecule has 16 heavy (non-hydrogen) atoms. The molecule has 0 aromatic rings. The van der Waals surface area contributed by atoms with Crippen molar-refractivity contribution in [1.82, 2.24) is 4.90 Å². The Morgan fingerprint density at radius 1 is 0.750 bits per heavy atom. The highest BCUT2D eigenvalue weighted by molar-refractivity contribution is 5.74. The molecule has 0 spiro atoms. The van der Waals surface area contributed by atoms with Crippen molar-refractivity contribution in [3.63, 3.8) is 0 Å². The van der Waals surface area contributed by atoms with Crippen LogP contribution in [0.2, 0.25) is 0 Å². The highest BCUT2D eigenvalue weighted by Gasteiger charge is 2.03. The zero-order chi connectivity index (χ0) is 14.3. The summed E-state index contributed by atoms with van der Waals surface area (Å²) in [6, 6.07) is 0. The fraction of sp³-hybridized carbons (Fsp3) is 0.786. The second kappa shape index (κ2) is 19.7. The van der Waals surface area contributed by atoms with Gasteiger partial charge in [0.25, 0.3) is 0 Å². The van der Waals surface area contributed by atoms with E-state index < -0.39 is 0 Å². The van der Waals surface area contributed by atoms with E-state index >= 15 is 0 Å². The van der Waals surface area contributed by atoms with Crippen molar-refractivity contribution in [3.8, 4) is 0 Å². The molecular weight excluding hydrogens is 198 g/mol. The lowest BCUT2D eigenvalue weighted by Crippen LogP contribution is -2.22. The summed E-state index contributed by atoms with van der Waals surface area (Å²) in [5.41, 5.74) is 2.21. The summed E-state index contributed by atoms with van der Waals surface area (Å²) in [7, 11) is 1.78. The van der Waals surface area contributed by atoms with Gasteiger partial charge in [-0.05, 0) is 20.8 Å². The van der Waals surface area contributed by atoms with Crippen molar-refractivity contribution in [2.24, 2.45) is 0 Å². The first-order valence-electron chi connectivity index (χ1n) is 6.35. The normalized spacial score (nSPS) is 6.69. The molecule has 0 aromatic heterocycles. The van der Waals surface area contributed by atoms with E-state index in [9.17, 15) is 4.79 Å². The molecule has 0 unspecified atom stereocenters. The highest BCUT2D eigenvalue weighted by atomic mass is 16.2. The second-order valence-electron chi connectivity index (χ2n) is 2.66. The first kappa shape index (κ1) is 24.4. The van der Waals surface area contributed by atoms with Crippen LogP contribution >= 0.6 is 0 Å². The summed E-state index contributed by atoms with van der Waals surface area (Å²) in [6.07, 6.45) is 0.